The normalized spacial score (nSPS) is 22.3. The number of primary amides is 1. The van der Waals surface area contributed by atoms with E-state index in [2.05, 4.69) is 11.6 Å². The van der Waals surface area contributed by atoms with Crippen LogP contribution in [0.4, 0.5) is 4.79 Å². The van der Waals surface area contributed by atoms with Gasteiger partial charge in [0.1, 0.15) is 18.0 Å². The predicted molar refractivity (Wildman–Crippen MR) is 161 cm³/mol. The SMILES string of the molecule is C=CCOC(=O)c1ccnc(/C=C2/C(=O)N3[C@@H](C(=O)OC(c4ccccc4)c4ccccc4)[C@](C)(COC(N)=O)S(=O)(=O)[C@H]23)c1. The summed E-state index contributed by atoms with van der Waals surface area (Å²) in [6.45, 7) is 3.85. The maximum absolute atomic E-state index is 14.1. The number of hydrogen-bond acceptors (Lipinski definition) is 10. The molecule has 2 aromatic carbocycles. The molecule has 1 aromatic heterocycles. The molecule has 0 radical (unpaired) electrons. The van der Waals surface area contributed by atoms with Crippen LogP contribution in [0.2, 0.25) is 0 Å². The molecule has 2 N–H and O–H groups in total. The molecule has 2 aliphatic rings. The molecular weight excluding hydrogens is 602 g/mol. The number of esters is 2. The number of nitrogens with two attached hydrogens (primary N) is 1. The van der Waals surface area contributed by atoms with Crippen LogP contribution in [0.25, 0.3) is 6.08 Å². The van der Waals surface area contributed by atoms with Crippen molar-refractivity contribution in [3.05, 3.63) is 120 Å². The van der Waals surface area contributed by atoms with Crippen molar-refractivity contribution in [2.24, 2.45) is 5.73 Å². The first kappa shape index (κ1) is 31.1. The van der Waals surface area contributed by atoms with Crippen LogP contribution in [-0.4, -0.2) is 71.6 Å². The highest BCUT2D eigenvalue weighted by atomic mass is 32.2. The minimum Gasteiger partial charge on any atom is -0.458 e. The van der Waals surface area contributed by atoms with Crippen molar-refractivity contribution >= 4 is 39.9 Å². The minimum absolute atomic E-state index is 0.0236. The molecular formula is C32H29N3O9S. The van der Waals surface area contributed by atoms with E-state index >= 15 is 0 Å². The highest BCUT2D eigenvalue weighted by molar-refractivity contribution is 7.94. The lowest BCUT2D eigenvalue weighted by Crippen LogP contribution is -2.60. The number of sulfone groups is 1. The lowest BCUT2D eigenvalue weighted by molar-refractivity contribution is -0.161. The molecule has 45 heavy (non-hydrogen) atoms. The Bertz CT molecular complexity index is 1750. The third-order valence-electron chi connectivity index (χ3n) is 7.62. The summed E-state index contributed by atoms with van der Waals surface area (Å²) in [5.41, 5.74) is 6.42. The van der Waals surface area contributed by atoms with Gasteiger partial charge in [0, 0.05) is 6.20 Å². The molecule has 3 atom stereocenters. The fourth-order valence-corrected chi connectivity index (χ4v) is 7.66. The van der Waals surface area contributed by atoms with E-state index in [1.54, 1.807) is 60.7 Å². The Balaban J connectivity index is 1.53. The monoisotopic (exact) mass is 631 g/mol. The summed E-state index contributed by atoms with van der Waals surface area (Å²) in [6, 6.07) is 18.7. The van der Waals surface area contributed by atoms with Gasteiger partial charge < -0.3 is 24.8 Å². The fourth-order valence-electron chi connectivity index (χ4n) is 5.39. The molecule has 0 aliphatic carbocycles. The highest BCUT2D eigenvalue weighted by Crippen LogP contribution is 2.50. The summed E-state index contributed by atoms with van der Waals surface area (Å²) in [7, 11) is -4.45. The highest BCUT2D eigenvalue weighted by Gasteiger charge is 2.73. The minimum atomic E-state index is -4.45. The number of nitrogens with zero attached hydrogens (tertiary/aromatic N) is 2. The van der Waals surface area contributed by atoms with Gasteiger partial charge in [0.2, 0.25) is 0 Å². The number of aromatic nitrogens is 1. The van der Waals surface area contributed by atoms with E-state index in [4.69, 9.17) is 19.9 Å². The molecule has 3 heterocycles. The van der Waals surface area contributed by atoms with Gasteiger partial charge in [0.05, 0.1) is 16.8 Å². The van der Waals surface area contributed by atoms with E-state index < -0.39 is 62.6 Å². The third-order valence-corrected chi connectivity index (χ3v) is 10.3. The first-order valence-corrected chi connectivity index (χ1v) is 15.3. The van der Waals surface area contributed by atoms with E-state index in [1.165, 1.54) is 37.4 Å². The van der Waals surface area contributed by atoms with Gasteiger partial charge in [-0.15, -0.1) is 0 Å². The Morgan fingerprint density at radius 3 is 2.24 bits per heavy atom. The van der Waals surface area contributed by atoms with Crippen LogP contribution >= 0.6 is 0 Å². The second-order valence-corrected chi connectivity index (χ2v) is 13.0. The number of hydrogen-bond donors (Lipinski definition) is 1. The number of benzene rings is 2. The molecule has 0 spiro atoms. The maximum atomic E-state index is 14.1. The van der Waals surface area contributed by atoms with Crippen molar-refractivity contribution in [1.82, 2.24) is 9.88 Å². The summed E-state index contributed by atoms with van der Waals surface area (Å²) < 4.78 is 42.0. The van der Waals surface area contributed by atoms with Crippen LogP contribution in [-0.2, 0) is 33.6 Å². The maximum Gasteiger partial charge on any atom is 0.404 e. The molecule has 3 aromatic rings. The van der Waals surface area contributed by atoms with E-state index in [-0.39, 0.29) is 23.4 Å². The molecule has 2 amide bonds. The molecule has 232 valence electrons. The number of pyridine rings is 1. The number of fused-ring (bicyclic) bond motifs is 1. The van der Waals surface area contributed by atoms with Gasteiger partial charge in [-0.2, -0.15) is 0 Å². The molecule has 2 saturated heterocycles. The second kappa shape index (κ2) is 12.4. The van der Waals surface area contributed by atoms with Crippen molar-refractivity contribution in [2.45, 2.75) is 29.2 Å². The Kier molecular flexibility index (Phi) is 8.55. The van der Waals surface area contributed by atoms with Gasteiger partial charge in [0.25, 0.3) is 5.91 Å². The van der Waals surface area contributed by atoms with Gasteiger partial charge in [-0.25, -0.2) is 22.8 Å². The zero-order valence-corrected chi connectivity index (χ0v) is 24.9. The first-order chi connectivity index (χ1) is 21.5. The average Bonchev–Trinajstić information content (AvgIpc) is 3.21. The van der Waals surface area contributed by atoms with E-state index in [0.29, 0.717) is 11.1 Å². The van der Waals surface area contributed by atoms with Gasteiger partial charge in [0.15, 0.2) is 27.4 Å². The smallest absolute Gasteiger partial charge is 0.404 e. The summed E-state index contributed by atoms with van der Waals surface area (Å²) in [5.74, 6) is -2.46. The molecule has 13 heteroatoms. The fraction of sp³-hybridized carbons (Fsp3) is 0.219. The third kappa shape index (κ3) is 5.69. The quantitative estimate of drug-likeness (QED) is 0.115. The predicted octanol–water partition coefficient (Wildman–Crippen LogP) is 2.96. The largest absolute Gasteiger partial charge is 0.458 e. The molecule has 0 bridgehead atoms. The summed E-state index contributed by atoms with van der Waals surface area (Å²) in [5, 5.41) is -1.59. The topological polar surface area (TPSA) is 172 Å². The van der Waals surface area contributed by atoms with Gasteiger partial charge in [-0.1, -0.05) is 73.3 Å². The zero-order chi connectivity index (χ0) is 32.4. The lowest BCUT2D eigenvalue weighted by Gasteiger charge is -2.39. The molecule has 2 fully saturated rings. The number of amides is 2. The lowest BCUT2D eigenvalue weighted by atomic mass is 9.93. The molecule has 12 nitrogen and oxygen atoms in total. The molecule has 0 unspecified atom stereocenters. The first-order valence-electron chi connectivity index (χ1n) is 13.7. The Morgan fingerprint density at radius 2 is 1.67 bits per heavy atom. The van der Waals surface area contributed by atoms with Gasteiger partial charge in [-0.05, 0) is 36.3 Å². The standard InChI is InChI=1S/C32H29N3O9S/c1-3-16-42-29(37)22-14-15-34-23(17-22)18-24-27(36)35-26(32(2,19-43-31(33)39)45(40,41)28(24)35)30(38)44-25(20-10-6-4-7-11-20)21-12-8-5-9-13-21/h3-15,17-18,25-26,28H,1,16,19H2,2H3,(H2,33,39)/b24-18-/t26-,28+,32-/m0/s1. The number of carbonyl (C=O) groups excluding carboxylic acids is 4. The van der Waals surface area contributed by atoms with Gasteiger partial charge in [-0.3, -0.25) is 9.78 Å². The van der Waals surface area contributed by atoms with Crippen LogP contribution < -0.4 is 5.73 Å². The molecule has 5 rings (SSSR count). The zero-order valence-electron chi connectivity index (χ0n) is 24.1. The Hall–Kier alpha value is -5.30. The second-order valence-electron chi connectivity index (χ2n) is 10.5. The van der Waals surface area contributed by atoms with Crippen LogP contribution in [0, 0.1) is 0 Å². The average molecular weight is 632 g/mol. The number of ether oxygens (including phenoxy) is 3. The van der Waals surface area contributed by atoms with Crippen molar-refractivity contribution in [1.29, 1.82) is 0 Å². The Morgan fingerprint density at radius 1 is 1.04 bits per heavy atom. The van der Waals surface area contributed by atoms with Crippen LogP contribution in [0.5, 0.6) is 0 Å². The number of β-lactam (4-membered cyclic amide) rings is 1. The van der Waals surface area contributed by atoms with Crippen molar-refractivity contribution in [2.75, 3.05) is 13.2 Å². The van der Waals surface area contributed by atoms with Crippen molar-refractivity contribution in [3.63, 3.8) is 0 Å². The van der Waals surface area contributed by atoms with E-state index in [1.807, 2.05) is 0 Å². The summed E-state index contributed by atoms with van der Waals surface area (Å²) in [6.07, 6.45) is 1.73. The molecule has 2 aliphatic heterocycles. The summed E-state index contributed by atoms with van der Waals surface area (Å²) in [4.78, 5) is 56.5. The molecule has 0 saturated carbocycles. The number of carbonyl (C=O) groups is 4. The van der Waals surface area contributed by atoms with Gasteiger partial charge >= 0.3 is 18.0 Å². The summed E-state index contributed by atoms with van der Waals surface area (Å²) >= 11 is 0. The van der Waals surface area contributed by atoms with Crippen LogP contribution in [0.1, 0.15) is 40.2 Å². The van der Waals surface area contributed by atoms with Crippen molar-refractivity contribution in [3.8, 4) is 0 Å². The number of rotatable bonds is 10. The van der Waals surface area contributed by atoms with Crippen LogP contribution in [0.15, 0.2) is 97.2 Å². The van der Waals surface area contributed by atoms with E-state index in [9.17, 15) is 27.6 Å². The van der Waals surface area contributed by atoms with E-state index in [0.717, 1.165) is 4.90 Å². The van der Waals surface area contributed by atoms with Crippen LogP contribution in [0.3, 0.4) is 0 Å². The van der Waals surface area contributed by atoms with Crippen molar-refractivity contribution < 1.29 is 41.8 Å². The Labute approximate surface area is 259 Å².